The summed E-state index contributed by atoms with van der Waals surface area (Å²) in [6.45, 7) is 11.5. The average Bonchev–Trinajstić information content (AvgIpc) is 2.70. The van der Waals surface area contributed by atoms with E-state index in [-0.39, 0.29) is 23.4 Å². The zero-order valence-electron chi connectivity index (χ0n) is 12.2. The molecule has 0 unspecified atom stereocenters. The van der Waals surface area contributed by atoms with Gasteiger partial charge in [-0.05, 0) is 30.8 Å². The van der Waals surface area contributed by atoms with Gasteiger partial charge in [0.05, 0.1) is 7.11 Å². The van der Waals surface area contributed by atoms with Crippen molar-refractivity contribution in [2.45, 2.75) is 32.8 Å². The summed E-state index contributed by atoms with van der Waals surface area (Å²) in [5, 5.41) is 0. The molecule has 3 atom stereocenters. The summed E-state index contributed by atoms with van der Waals surface area (Å²) in [6, 6.07) is 0. The van der Waals surface area contributed by atoms with Crippen LogP contribution in [0.1, 0.15) is 26.7 Å². The van der Waals surface area contributed by atoms with E-state index in [0.29, 0.717) is 24.0 Å². The van der Waals surface area contributed by atoms with E-state index in [1.54, 1.807) is 6.92 Å². The van der Waals surface area contributed by atoms with Crippen molar-refractivity contribution in [3.63, 3.8) is 0 Å². The Labute approximate surface area is 119 Å². The fraction of sp³-hybridized carbons (Fsp3) is 0.500. The van der Waals surface area contributed by atoms with Crippen LogP contribution in [-0.2, 0) is 19.1 Å². The topological polar surface area (TPSA) is 52.6 Å². The Kier molecular flexibility index (Phi) is 3.59. The van der Waals surface area contributed by atoms with Gasteiger partial charge in [-0.3, -0.25) is 0 Å². The number of fused-ring (bicyclic) bond motifs is 1. The molecule has 0 N–H and O–H groups in total. The third-order valence-corrected chi connectivity index (χ3v) is 4.61. The number of hydrogen-bond acceptors (Lipinski definition) is 4. The Balaban J connectivity index is 2.38. The highest BCUT2D eigenvalue weighted by molar-refractivity contribution is 5.92. The first-order valence-electron chi connectivity index (χ1n) is 6.65. The van der Waals surface area contributed by atoms with Gasteiger partial charge in [0.2, 0.25) is 0 Å². The zero-order valence-corrected chi connectivity index (χ0v) is 12.2. The molecule has 0 aromatic rings. The highest BCUT2D eigenvalue weighted by Crippen LogP contribution is 2.50. The first kappa shape index (κ1) is 14.6. The van der Waals surface area contributed by atoms with E-state index in [1.165, 1.54) is 7.11 Å². The van der Waals surface area contributed by atoms with Crippen molar-refractivity contribution < 1.29 is 19.1 Å². The number of esters is 2. The van der Waals surface area contributed by atoms with Gasteiger partial charge in [-0.15, -0.1) is 6.58 Å². The SMILES string of the molecule is C=C[C@]1(C)C[C@@H]2OC(=O)C(C)=C2C[C@H]1C(=C)C(=O)OC. The molecule has 1 aliphatic carbocycles. The summed E-state index contributed by atoms with van der Waals surface area (Å²) in [7, 11) is 1.34. The van der Waals surface area contributed by atoms with E-state index >= 15 is 0 Å². The summed E-state index contributed by atoms with van der Waals surface area (Å²) in [4.78, 5) is 23.5. The highest BCUT2D eigenvalue weighted by atomic mass is 16.5. The lowest BCUT2D eigenvalue weighted by Gasteiger charge is -2.42. The smallest absolute Gasteiger partial charge is 0.334 e. The van der Waals surface area contributed by atoms with Crippen molar-refractivity contribution >= 4 is 11.9 Å². The molecule has 0 saturated heterocycles. The minimum Gasteiger partial charge on any atom is -0.466 e. The van der Waals surface area contributed by atoms with Crippen LogP contribution in [0.3, 0.4) is 0 Å². The molecule has 20 heavy (non-hydrogen) atoms. The van der Waals surface area contributed by atoms with Gasteiger partial charge in [0.25, 0.3) is 0 Å². The van der Waals surface area contributed by atoms with E-state index in [2.05, 4.69) is 13.2 Å². The number of rotatable bonds is 3. The normalized spacial score (nSPS) is 32.5. The van der Waals surface area contributed by atoms with E-state index < -0.39 is 5.97 Å². The fourth-order valence-corrected chi connectivity index (χ4v) is 3.13. The molecule has 2 aliphatic rings. The Morgan fingerprint density at radius 3 is 2.75 bits per heavy atom. The molecular weight excluding hydrogens is 256 g/mol. The van der Waals surface area contributed by atoms with Crippen molar-refractivity contribution in [1.29, 1.82) is 0 Å². The summed E-state index contributed by atoms with van der Waals surface area (Å²) in [5.41, 5.74) is 1.71. The van der Waals surface area contributed by atoms with Gasteiger partial charge in [0.15, 0.2) is 0 Å². The van der Waals surface area contributed by atoms with Crippen molar-refractivity contribution in [3.8, 4) is 0 Å². The van der Waals surface area contributed by atoms with Crippen molar-refractivity contribution in [2.75, 3.05) is 7.11 Å². The Morgan fingerprint density at radius 1 is 1.55 bits per heavy atom. The molecule has 1 saturated carbocycles. The Bertz CT molecular complexity index is 529. The maximum Gasteiger partial charge on any atom is 0.334 e. The molecule has 108 valence electrons. The quantitative estimate of drug-likeness (QED) is 0.451. The maximum atomic E-state index is 11.8. The van der Waals surface area contributed by atoms with Crippen molar-refractivity contribution in [3.05, 3.63) is 36.0 Å². The molecule has 2 rings (SSSR count). The molecule has 4 nitrogen and oxygen atoms in total. The van der Waals surface area contributed by atoms with Crippen LogP contribution >= 0.6 is 0 Å². The van der Waals surface area contributed by atoms with Crippen LogP contribution in [0.25, 0.3) is 0 Å². The predicted octanol–water partition coefficient (Wildman–Crippen LogP) is 2.56. The second-order valence-corrected chi connectivity index (χ2v) is 5.73. The number of hydrogen-bond donors (Lipinski definition) is 0. The lowest BCUT2D eigenvalue weighted by atomic mass is 9.62. The van der Waals surface area contributed by atoms with Gasteiger partial charge < -0.3 is 9.47 Å². The summed E-state index contributed by atoms with van der Waals surface area (Å²) >= 11 is 0. The lowest BCUT2D eigenvalue weighted by molar-refractivity contribution is -0.142. The molecule has 4 heteroatoms. The second kappa shape index (κ2) is 4.93. The summed E-state index contributed by atoms with van der Waals surface area (Å²) in [5.74, 6) is -0.797. The van der Waals surface area contributed by atoms with Crippen LogP contribution in [0, 0.1) is 11.3 Å². The van der Waals surface area contributed by atoms with Crippen LogP contribution in [-0.4, -0.2) is 25.2 Å². The van der Waals surface area contributed by atoms with Crippen LogP contribution < -0.4 is 0 Å². The third-order valence-electron chi connectivity index (χ3n) is 4.61. The minimum atomic E-state index is -0.412. The fourth-order valence-electron chi connectivity index (χ4n) is 3.13. The first-order valence-corrected chi connectivity index (χ1v) is 6.65. The standard InChI is InChI=1S/C16H20O4/c1-6-16(4)8-13-11(9(2)15(18)20-13)7-12(16)10(3)14(17)19-5/h6,12-13H,1,3,7-8H2,2,4-5H3/t12-,13-,16+/m0/s1. The van der Waals surface area contributed by atoms with Crippen LogP contribution in [0.5, 0.6) is 0 Å². The Morgan fingerprint density at radius 2 is 2.20 bits per heavy atom. The van der Waals surface area contributed by atoms with Gasteiger partial charge in [-0.2, -0.15) is 0 Å². The number of ether oxygens (including phenoxy) is 2. The monoisotopic (exact) mass is 276 g/mol. The maximum absolute atomic E-state index is 11.8. The van der Waals surface area contributed by atoms with E-state index in [0.717, 1.165) is 5.57 Å². The summed E-state index contributed by atoms with van der Waals surface area (Å²) in [6.07, 6.45) is 2.82. The van der Waals surface area contributed by atoms with E-state index in [1.807, 2.05) is 13.0 Å². The molecule has 0 spiro atoms. The molecule has 1 aliphatic heterocycles. The molecule has 0 radical (unpaired) electrons. The van der Waals surface area contributed by atoms with Gasteiger partial charge in [0.1, 0.15) is 6.10 Å². The predicted molar refractivity (Wildman–Crippen MR) is 74.8 cm³/mol. The molecule has 0 amide bonds. The lowest BCUT2D eigenvalue weighted by Crippen LogP contribution is -2.39. The largest absolute Gasteiger partial charge is 0.466 e. The number of carbonyl (C=O) groups is 2. The Hall–Kier alpha value is -1.84. The van der Waals surface area contributed by atoms with Crippen LogP contribution in [0.4, 0.5) is 0 Å². The van der Waals surface area contributed by atoms with Gasteiger partial charge in [0, 0.05) is 17.1 Å². The number of carbonyl (C=O) groups excluding carboxylic acids is 2. The minimum absolute atomic E-state index is 0.122. The number of allylic oxidation sites excluding steroid dienone is 1. The molecular formula is C16H20O4. The van der Waals surface area contributed by atoms with E-state index in [4.69, 9.17) is 9.47 Å². The molecule has 1 fully saturated rings. The second-order valence-electron chi connectivity index (χ2n) is 5.73. The first-order chi connectivity index (χ1) is 9.34. The van der Waals surface area contributed by atoms with E-state index in [9.17, 15) is 9.59 Å². The highest BCUT2D eigenvalue weighted by Gasteiger charge is 2.48. The number of methoxy groups -OCH3 is 1. The zero-order chi connectivity index (χ0) is 15.1. The van der Waals surface area contributed by atoms with Gasteiger partial charge in [-0.25, -0.2) is 9.59 Å². The molecule has 0 aromatic carbocycles. The summed E-state index contributed by atoms with van der Waals surface area (Å²) < 4.78 is 10.2. The van der Waals surface area contributed by atoms with Crippen molar-refractivity contribution in [1.82, 2.24) is 0 Å². The van der Waals surface area contributed by atoms with Gasteiger partial charge in [-0.1, -0.05) is 19.6 Å². The molecule has 0 aromatic heterocycles. The molecule has 0 bridgehead atoms. The average molecular weight is 276 g/mol. The van der Waals surface area contributed by atoms with Crippen LogP contribution in [0.2, 0.25) is 0 Å². The molecule has 1 heterocycles. The van der Waals surface area contributed by atoms with Crippen LogP contribution in [0.15, 0.2) is 36.0 Å². The van der Waals surface area contributed by atoms with Crippen molar-refractivity contribution in [2.24, 2.45) is 11.3 Å². The van der Waals surface area contributed by atoms with Gasteiger partial charge >= 0.3 is 11.9 Å². The third kappa shape index (κ3) is 2.09.